The van der Waals surface area contributed by atoms with Crippen LogP contribution < -0.4 is 29.2 Å². The molecule has 2 atom stereocenters. The van der Waals surface area contributed by atoms with E-state index in [4.69, 9.17) is 18.9 Å². The van der Waals surface area contributed by atoms with Gasteiger partial charge in [0.05, 0.1) is 51.6 Å². The number of alkyl halides is 3. The topological polar surface area (TPSA) is 86.3 Å². The molecule has 11 heteroatoms. The van der Waals surface area contributed by atoms with E-state index in [-0.39, 0.29) is 24.4 Å². The van der Waals surface area contributed by atoms with Gasteiger partial charge in [-0.15, -0.1) is 0 Å². The van der Waals surface area contributed by atoms with Crippen LogP contribution in [0.4, 0.5) is 24.5 Å². The summed E-state index contributed by atoms with van der Waals surface area (Å²) in [5.41, 5.74) is 0.476. The van der Waals surface area contributed by atoms with Crippen molar-refractivity contribution < 1.29 is 41.7 Å². The Morgan fingerprint density at radius 3 is 1.98 bits per heavy atom. The quantitative estimate of drug-likeness (QED) is 0.373. The first-order chi connectivity index (χ1) is 19.1. The third-order valence-electron chi connectivity index (χ3n) is 6.80. The number of anilines is 2. The number of benzene rings is 3. The molecule has 40 heavy (non-hydrogen) atoms. The summed E-state index contributed by atoms with van der Waals surface area (Å²) in [6, 6.07) is 13.7. The molecule has 0 unspecified atom stereocenters. The number of ether oxygens (including phenoxy) is 4. The van der Waals surface area contributed by atoms with E-state index in [9.17, 15) is 22.8 Å². The molecule has 0 saturated carbocycles. The van der Waals surface area contributed by atoms with E-state index in [0.29, 0.717) is 34.2 Å². The number of nitrogens with zero attached hydrogens (tertiary/aromatic N) is 1. The van der Waals surface area contributed by atoms with Crippen molar-refractivity contribution in [2.24, 2.45) is 5.92 Å². The lowest BCUT2D eigenvalue weighted by Crippen LogP contribution is -2.47. The molecular formula is C29H29F3N2O6. The van der Waals surface area contributed by atoms with Gasteiger partial charge in [-0.1, -0.05) is 12.1 Å². The second kappa shape index (κ2) is 11.8. The van der Waals surface area contributed by atoms with E-state index in [1.807, 2.05) is 0 Å². The van der Waals surface area contributed by atoms with Crippen molar-refractivity contribution in [1.82, 2.24) is 0 Å². The largest absolute Gasteiger partial charge is 0.497 e. The van der Waals surface area contributed by atoms with Crippen molar-refractivity contribution in [3.05, 3.63) is 71.8 Å². The van der Waals surface area contributed by atoms with Crippen molar-refractivity contribution in [3.8, 4) is 23.0 Å². The number of carbonyl (C=O) groups is 2. The van der Waals surface area contributed by atoms with Crippen LogP contribution >= 0.6 is 0 Å². The van der Waals surface area contributed by atoms with Gasteiger partial charge >= 0.3 is 6.18 Å². The molecule has 1 fully saturated rings. The Balaban J connectivity index is 1.77. The maximum atomic E-state index is 13.6. The van der Waals surface area contributed by atoms with Crippen molar-refractivity contribution in [1.29, 1.82) is 0 Å². The lowest BCUT2D eigenvalue weighted by molar-refractivity contribution is -0.137. The third kappa shape index (κ3) is 5.78. The van der Waals surface area contributed by atoms with E-state index in [0.717, 1.165) is 12.1 Å². The Morgan fingerprint density at radius 2 is 1.48 bits per heavy atom. The Labute approximate surface area is 229 Å². The second-order valence-corrected chi connectivity index (χ2v) is 9.07. The minimum Gasteiger partial charge on any atom is -0.497 e. The Bertz CT molecular complexity index is 1330. The summed E-state index contributed by atoms with van der Waals surface area (Å²) in [5, 5.41) is 2.72. The molecule has 0 bridgehead atoms. The molecule has 1 saturated heterocycles. The fourth-order valence-corrected chi connectivity index (χ4v) is 4.84. The molecule has 0 aromatic heterocycles. The molecule has 2 amide bonds. The van der Waals surface area contributed by atoms with E-state index in [1.165, 1.54) is 45.5 Å². The molecule has 1 N–H and O–H groups in total. The predicted octanol–water partition coefficient (Wildman–Crippen LogP) is 5.86. The van der Waals surface area contributed by atoms with Crippen molar-refractivity contribution >= 4 is 23.2 Å². The summed E-state index contributed by atoms with van der Waals surface area (Å²) in [7, 11) is 5.91. The van der Waals surface area contributed by atoms with Gasteiger partial charge in [0.2, 0.25) is 17.6 Å². The molecule has 0 radical (unpaired) electrons. The molecular weight excluding hydrogens is 529 g/mol. The molecule has 212 valence electrons. The SMILES string of the molecule is COc1ccc([C@H]2[C@H](C(=O)Nc3ccc(C(F)(F)F)cc3)CCC(=O)N2c2cc(OC)c(OC)c(OC)c2)cc1. The van der Waals surface area contributed by atoms with Crippen LogP contribution in [0.5, 0.6) is 23.0 Å². The number of piperidine rings is 1. The Morgan fingerprint density at radius 1 is 0.875 bits per heavy atom. The molecule has 0 aliphatic carbocycles. The van der Waals surface area contributed by atoms with E-state index >= 15 is 0 Å². The molecule has 4 rings (SSSR count). The van der Waals surface area contributed by atoms with Gasteiger partial charge in [-0.3, -0.25) is 9.59 Å². The number of nitrogens with one attached hydrogen (secondary N) is 1. The average molecular weight is 559 g/mol. The molecule has 0 spiro atoms. The zero-order chi connectivity index (χ0) is 29.0. The summed E-state index contributed by atoms with van der Waals surface area (Å²) >= 11 is 0. The molecule has 1 heterocycles. The first-order valence-electron chi connectivity index (χ1n) is 12.4. The lowest BCUT2D eigenvalue weighted by atomic mass is 9.83. The molecule has 1 aliphatic heterocycles. The maximum absolute atomic E-state index is 13.6. The van der Waals surface area contributed by atoms with Crippen LogP contribution in [0.25, 0.3) is 0 Å². The average Bonchev–Trinajstić information content (AvgIpc) is 2.95. The summed E-state index contributed by atoms with van der Waals surface area (Å²) in [4.78, 5) is 28.6. The van der Waals surface area contributed by atoms with E-state index in [1.54, 1.807) is 36.4 Å². The number of hydrogen-bond donors (Lipinski definition) is 1. The standard InChI is InChI=1S/C29H29F3N2O6/c1-37-21-11-5-17(6-12-21)26-22(28(36)33-19-9-7-18(8-10-19)29(30,31)32)13-14-25(35)34(26)20-15-23(38-2)27(40-4)24(16-20)39-3/h5-12,15-16,22,26H,13-14H2,1-4H3,(H,33,36)/t22-,26+/m1/s1. The van der Waals surface area contributed by atoms with Crippen molar-refractivity contribution in [3.63, 3.8) is 0 Å². The number of amides is 2. The molecule has 1 aliphatic rings. The van der Waals surface area contributed by atoms with Crippen LogP contribution in [0.3, 0.4) is 0 Å². The zero-order valence-electron chi connectivity index (χ0n) is 22.4. The van der Waals surface area contributed by atoms with Crippen LogP contribution in [-0.4, -0.2) is 40.3 Å². The first-order valence-corrected chi connectivity index (χ1v) is 12.4. The summed E-state index contributed by atoms with van der Waals surface area (Å²) in [6.07, 6.45) is -4.20. The highest BCUT2D eigenvalue weighted by atomic mass is 19.4. The molecule has 8 nitrogen and oxygen atoms in total. The van der Waals surface area contributed by atoms with Crippen LogP contribution in [0.2, 0.25) is 0 Å². The van der Waals surface area contributed by atoms with E-state index in [2.05, 4.69) is 5.32 Å². The highest BCUT2D eigenvalue weighted by Crippen LogP contribution is 2.46. The summed E-state index contributed by atoms with van der Waals surface area (Å²) < 4.78 is 60.7. The van der Waals surface area contributed by atoms with Gasteiger partial charge in [-0.05, 0) is 48.4 Å². The van der Waals surface area contributed by atoms with Gasteiger partial charge < -0.3 is 29.2 Å². The monoisotopic (exact) mass is 558 g/mol. The summed E-state index contributed by atoms with van der Waals surface area (Å²) in [5.74, 6) is 0.183. The zero-order valence-corrected chi connectivity index (χ0v) is 22.4. The summed E-state index contributed by atoms with van der Waals surface area (Å²) in [6.45, 7) is 0. The van der Waals surface area contributed by atoms with Gasteiger partial charge in [-0.2, -0.15) is 13.2 Å². The number of carbonyl (C=O) groups excluding carboxylic acids is 2. The van der Waals surface area contributed by atoms with Crippen LogP contribution in [0, 0.1) is 5.92 Å². The second-order valence-electron chi connectivity index (χ2n) is 9.07. The van der Waals surface area contributed by atoms with Gasteiger partial charge in [0.1, 0.15) is 5.75 Å². The van der Waals surface area contributed by atoms with Crippen molar-refractivity contribution in [2.75, 3.05) is 38.7 Å². The van der Waals surface area contributed by atoms with Crippen LogP contribution in [0.1, 0.15) is 30.0 Å². The fraction of sp³-hybridized carbons (Fsp3) is 0.310. The third-order valence-corrected chi connectivity index (χ3v) is 6.80. The molecule has 3 aromatic rings. The first kappa shape index (κ1) is 28.6. The minimum absolute atomic E-state index is 0.0639. The van der Waals surface area contributed by atoms with Gasteiger partial charge in [0.15, 0.2) is 11.5 Å². The highest BCUT2D eigenvalue weighted by Gasteiger charge is 2.42. The Kier molecular flexibility index (Phi) is 8.41. The number of halogens is 3. The normalized spacial score (nSPS) is 17.3. The fourth-order valence-electron chi connectivity index (χ4n) is 4.84. The van der Waals surface area contributed by atoms with Gasteiger partial charge in [0, 0.05) is 24.2 Å². The highest BCUT2D eigenvalue weighted by molar-refractivity contribution is 6.00. The van der Waals surface area contributed by atoms with Gasteiger partial charge in [-0.25, -0.2) is 0 Å². The number of hydrogen-bond acceptors (Lipinski definition) is 6. The van der Waals surface area contributed by atoms with Gasteiger partial charge in [0.25, 0.3) is 0 Å². The molecule has 3 aromatic carbocycles. The smallest absolute Gasteiger partial charge is 0.416 e. The maximum Gasteiger partial charge on any atom is 0.416 e. The predicted molar refractivity (Wildman–Crippen MR) is 142 cm³/mol. The van der Waals surface area contributed by atoms with Crippen molar-refractivity contribution in [2.45, 2.75) is 25.1 Å². The minimum atomic E-state index is -4.49. The number of methoxy groups -OCH3 is 4. The van der Waals surface area contributed by atoms with Crippen LogP contribution in [-0.2, 0) is 15.8 Å². The Hall–Kier alpha value is -4.41. The number of rotatable bonds is 8. The van der Waals surface area contributed by atoms with E-state index < -0.39 is 29.6 Å². The lowest BCUT2D eigenvalue weighted by Gasteiger charge is -2.41. The van der Waals surface area contributed by atoms with Crippen LogP contribution in [0.15, 0.2) is 60.7 Å².